The molecule has 0 saturated heterocycles. The Labute approximate surface area is 102 Å². The Kier molecular flexibility index (Phi) is 6.64. The molecule has 0 fully saturated rings. The first-order valence-corrected chi connectivity index (χ1v) is 6.02. The molecule has 0 amide bonds. The average molecular weight is 198 g/mol. The van der Waals surface area contributed by atoms with Crippen molar-refractivity contribution in [2.75, 3.05) is 6.61 Å². The Morgan fingerprint density at radius 1 is 1.00 bits per heavy atom. The summed E-state index contributed by atoms with van der Waals surface area (Å²) < 4.78 is 6.92. The summed E-state index contributed by atoms with van der Waals surface area (Å²) in [5.41, 5.74) is 0. The monoisotopic (exact) mass is 198 g/mol. The van der Waals surface area contributed by atoms with Crippen molar-refractivity contribution >= 4 is 22.0 Å². The van der Waals surface area contributed by atoms with Gasteiger partial charge in [-0.05, 0) is 0 Å². The van der Waals surface area contributed by atoms with E-state index in [9.17, 15) is 0 Å². The molecule has 0 aromatic heterocycles. The van der Waals surface area contributed by atoms with Crippen LogP contribution in [0.4, 0.5) is 0 Å². The van der Waals surface area contributed by atoms with Gasteiger partial charge in [0, 0.05) is 0 Å². The molecule has 78 valence electrons. The van der Waals surface area contributed by atoms with Crippen molar-refractivity contribution < 1.29 is 4.74 Å². The second-order valence-corrected chi connectivity index (χ2v) is 4.08. The standard InChI is InChI=1S/C13H19O.Li/c1-2-3-4-5-9-12-14-13-10-7-6-8-11-13;/h7-8,10-11H,2-5,9,12H2,1H3;. The summed E-state index contributed by atoms with van der Waals surface area (Å²) in [6.45, 7) is 3.09. The summed E-state index contributed by atoms with van der Waals surface area (Å²) in [6, 6.07) is 8.27. The van der Waals surface area contributed by atoms with Crippen LogP contribution in [0, 0.1) is 0 Å². The zero-order valence-corrected chi connectivity index (χ0v) is 9.96. The Morgan fingerprint density at radius 3 is 2.33 bits per heavy atom. The van der Waals surface area contributed by atoms with Gasteiger partial charge in [0.1, 0.15) is 0 Å². The van der Waals surface area contributed by atoms with Crippen molar-refractivity contribution in [2.45, 2.75) is 39.0 Å². The maximum atomic E-state index is 5.64. The molecule has 0 heterocycles. The van der Waals surface area contributed by atoms with Gasteiger partial charge in [-0.3, -0.25) is 0 Å². The molecule has 0 N–H and O–H groups in total. The van der Waals surface area contributed by atoms with Crippen LogP contribution in [0.2, 0.25) is 0 Å². The van der Waals surface area contributed by atoms with Gasteiger partial charge in [-0.25, -0.2) is 0 Å². The van der Waals surface area contributed by atoms with Gasteiger partial charge in [-0.15, -0.1) is 0 Å². The summed E-state index contributed by atoms with van der Waals surface area (Å²) in [6.07, 6.45) is 6.46. The van der Waals surface area contributed by atoms with E-state index in [2.05, 4.69) is 36.8 Å². The summed E-state index contributed by atoms with van der Waals surface area (Å²) in [4.78, 5) is 0. The van der Waals surface area contributed by atoms with E-state index in [4.69, 9.17) is 4.74 Å². The van der Waals surface area contributed by atoms with Gasteiger partial charge in [0.15, 0.2) is 0 Å². The number of rotatable bonds is 7. The van der Waals surface area contributed by atoms with E-state index in [0.717, 1.165) is 12.4 Å². The molecule has 0 saturated carbocycles. The Balaban J connectivity index is 2.07. The fraction of sp³-hybridized carbons (Fsp3) is 0.538. The maximum absolute atomic E-state index is 5.64. The Bertz CT molecular complexity index is 256. The van der Waals surface area contributed by atoms with Crippen LogP contribution < -0.4 is 8.97 Å². The van der Waals surface area contributed by atoms with Crippen LogP contribution in [0.25, 0.3) is 0 Å². The van der Waals surface area contributed by atoms with Crippen LogP contribution in [0.15, 0.2) is 24.3 Å². The van der Waals surface area contributed by atoms with E-state index in [0.29, 0.717) is 0 Å². The molecule has 0 unspecified atom stereocenters. The van der Waals surface area contributed by atoms with E-state index >= 15 is 0 Å². The molecule has 0 spiro atoms. The molecular weight excluding hydrogens is 179 g/mol. The van der Waals surface area contributed by atoms with Crippen molar-refractivity contribution in [1.82, 2.24) is 0 Å². The SMILES string of the molecule is [Li][c]1ccc(OCCCCCCC)cc1. The van der Waals surface area contributed by atoms with Crippen LogP contribution in [-0.4, -0.2) is 24.3 Å². The number of unbranched alkanes of at least 4 members (excludes halogenated alkanes) is 4. The van der Waals surface area contributed by atoms with Crippen LogP contribution in [0.1, 0.15) is 39.0 Å². The van der Waals surface area contributed by atoms with Crippen molar-refractivity contribution in [1.29, 1.82) is 0 Å². The van der Waals surface area contributed by atoms with Gasteiger partial charge in [0.2, 0.25) is 0 Å². The summed E-state index contributed by atoms with van der Waals surface area (Å²) in [5.74, 6) is 0.996. The van der Waals surface area contributed by atoms with Gasteiger partial charge in [0.05, 0.1) is 0 Å². The van der Waals surface area contributed by atoms with Crippen LogP contribution in [0.3, 0.4) is 0 Å². The second kappa shape index (κ2) is 7.85. The van der Waals surface area contributed by atoms with Gasteiger partial charge >= 0.3 is 102 Å². The topological polar surface area (TPSA) is 9.23 Å². The number of ether oxygens (including phenoxy) is 1. The van der Waals surface area contributed by atoms with E-state index in [1.54, 1.807) is 0 Å². The second-order valence-electron chi connectivity index (χ2n) is 4.08. The third kappa shape index (κ3) is 5.92. The number of hydrogen-bond acceptors (Lipinski definition) is 1. The van der Waals surface area contributed by atoms with Crippen molar-refractivity contribution in [3.05, 3.63) is 24.3 Å². The molecule has 2 heteroatoms. The zero-order valence-electron chi connectivity index (χ0n) is 9.96. The average Bonchev–Trinajstić information content (AvgIpc) is 2.26. The predicted molar refractivity (Wildman–Crippen MR) is 66.1 cm³/mol. The molecule has 0 bridgehead atoms. The molecule has 1 rings (SSSR count). The number of benzene rings is 1. The van der Waals surface area contributed by atoms with Gasteiger partial charge in [0.25, 0.3) is 0 Å². The molecule has 15 heavy (non-hydrogen) atoms. The molecule has 0 aliphatic heterocycles. The normalized spacial score (nSPS) is 10.3. The Morgan fingerprint density at radius 2 is 1.67 bits per heavy atom. The van der Waals surface area contributed by atoms with Crippen LogP contribution in [-0.2, 0) is 0 Å². The Hall–Kier alpha value is -0.383. The van der Waals surface area contributed by atoms with Crippen molar-refractivity contribution in [2.24, 2.45) is 0 Å². The molecule has 0 radical (unpaired) electrons. The first kappa shape index (κ1) is 12.7. The van der Waals surface area contributed by atoms with E-state index in [-0.39, 0.29) is 0 Å². The van der Waals surface area contributed by atoms with E-state index in [1.807, 2.05) is 12.1 Å². The predicted octanol–water partition coefficient (Wildman–Crippen LogP) is 2.83. The van der Waals surface area contributed by atoms with Gasteiger partial charge < -0.3 is 0 Å². The summed E-state index contributed by atoms with van der Waals surface area (Å²) >= 11 is 2.09. The molecule has 0 aliphatic carbocycles. The molecule has 0 atom stereocenters. The molecule has 0 aliphatic rings. The minimum absolute atomic E-state index is 0.854. The first-order chi connectivity index (χ1) is 7.33. The van der Waals surface area contributed by atoms with Gasteiger partial charge in [-0.2, -0.15) is 0 Å². The van der Waals surface area contributed by atoms with Crippen LogP contribution >= 0.6 is 0 Å². The molecular formula is C13H19LiO. The minimum atomic E-state index is 0.854. The number of hydrogen-bond donors (Lipinski definition) is 0. The third-order valence-electron chi connectivity index (χ3n) is 2.54. The molecule has 1 nitrogen and oxygen atoms in total. The quantitative estimate of drug-likeness (QED) is 0.483. The summed E-state index contributed by atoms with van der Waals surface area (Å²) in [5, 5.41) is 0. The van der Waals surface area contributed by atoms with E-state index in [1.165, 1.54) is 36.3 Å². The zero-order chi connectivity index (χ0) is 10.9. The van der Waals surface area contributed by atoms with Gasteiger partial charge in [-0.1, -0.05) is 0 Å². The fourth-order valence-corrected chi connectivity index (χ4v) is 1.53. The fourth-order valence-electron chi connectivity index (χ4n) is 1.53. The molecule has 1 aromatic rings. The molecule has 1 aromatic carbocycles. The van der Waals surface area contributed by atoms with Crippen LogP contribution in [0.5, 0.6) is 5.75 Å². The third-order valence-corrected chi connectivity index (χ3v) is 2.54. The van der Waals surface area contributed by atoms with E-state index < -0.39 is 0 Å². The van der Waals surface area contributed by atoms with Crippen molar-refractivity contribution in [3.8, 4) is 5.75 Å². The van der Waals surface area contributed by atoms with Crippen molar-refractivity contribution in [3.63, 3.8) is 0 Å². The summed E-state index contributed by atoms with van der Waals surface area (Å²) in [7, 11) is 0. The first-order valence-electron chi connectivity index (χ1n) is 6.02.